The molecule has 39 heavy (non-hydrogen) atoms. The maximum atomic E-state index is 5.10. The second kappa shape index (κ2) is 10.0. The quantitative estimate of drug-likeness (QED) is 0.229. The monoisotopic (exact) mass is 519 g/mol. The van der Waals surface area contributed by atoms with E-state index < -0.39 is 0 Å². The molecule has 0 saturated carbocycles. The van der Waals surface area contributed by atoms with Crippen LogP contribution in [0.25, 0.3) is 66.1 Å². The standard InChI is InChI=1S/C33H21N5S/c1-4-11-22(12-5-1)30-36-31(23-13-6-2-7-14-23)38-32(37-30)27-19-26(25-17-10-18-34-21-25)20-28-29(27)35-33(39-28)24-15-8-3-9-16-24/h1-21H. The van der Waals surface area contributed by atoms with E-state index in [4.69, 9.17) is 19.9 Å². The molecular weight excluding hydrogens is 498 g/mol. The summed E-state index contributed by atoms with van der Waals surface area (Å²) >= 11 is 1.67. The van der Waals surface area contributed by atoms with Gasteiger partial charge in [-0.05, 0) is 23.8 Å². The molecule has 4 aromatic carbocycles. The van der Waals surface area contributed by atoms with Crippen LogP contribution < -0.4 is 0 Å². The van der Waals surface area contributed by atoms with Gasteiger partial charge in [-0.3, -0.25) is 4.98 Å². The maximum absolute atomic E-state index is 5.10. The van der Waals surface area contributed by atoms with Crippen LogP contribution in [0.4, 0.5) is 0 Å². The molecule has 0 N–H and O–H groups in total. The molecule has 0 amide bonds. The Morgan fingerprint density at radius 3 is 1.62 bits per heavy atom. The highest BCUT2D eigenvalue weighted by Crippen LogP contribution is 2.39. The minimum atomic E-state index is 0.586. The minimum Gasteiger partial charge on any atom is -0.264 e. The highest BCUT2D eigenvalue weighted by Gasteiger charge is 2.19. The van der Waals surface area contributed by atoms with Crippen molar-refractivity contribution in [1.82, 2.24) is 24.9 Å². The van der Waals surface area contributed by atoms with Crippen LogP contribution >= 0.6 is 11.3 Å². The van der Waals surface area contributed by atoms with E-state index >= 15 is 0 Å². The van der Waals surface area contributed by atoms with Crippen LogP contribution in [-0.2, 0) is 0 Å². The predicted octanol–water partition coefficient (Wildman–Crippen LogP) is 8.21. The van der Waals surface area contributed by atoms with Crippen molar-refractivity contribution < 1.29 is 0 Å². The smallest absolute Gasteiger partial charge is 0.166 e. The Morgan fingerprint density at radius 2 is 1.03 bits per heavy atom. The van der Waals surface area contributed by atoms with Gasteiger partial charge in [0, 0.05) is 40.2 Å². The molecule has 0 bridgehead atoms. The largest absolute Gasteiger partial charge is 0.264 e. The van der Waals surface area contributed by atoms with E-state index in [1.54, 1.807) is 17.5 Å². The Balaban J connectivity index is 1.50. The third-order valence-electron chi connectivity index (χ3n) is 6.45. The molecule has 3 aromatic heterocycles. The van der Waals surface area contributed by atoms with Gasteiger partial charge in [0.25, 0.3) is 0 Å². The minimum absolute atomic E-state index is 0.586. The molecule has 0 spiro atoms. The normalized spacial score (nSPS) is 11.1. The summed E-state index contributed by atoms with van der Waals surface area (Å²) < 4.78 is 1.06. The average molecular weight is 520 g/mol. The third kappa shape index (κ3) is 4.58. The van der Waals surface area contributed by atoms with Crippen LogP contribution in [0.5, 0.6) is 0 Å². The van der Waals surface area contributed by atoms with Crippen molar-refractivity contribution in [2.24, 2.45) is 0 Å². The van der Waals surface area contributed by atoms with Gasteiger partial charge < -0.3 is 0 Å². The number of benzene rings is 4. The average Bonchev–Trinajstić information content (AvgIpc) is 3.47. The van der Waals surface area contributed by atoms with Gasteiger partial charge in [-0.15, -0.1) is 11.3 Å². The summed E-state index contributed by atoms with van der Waals surface area (Å²) in [6.45, 7) is 0. The lowest BCUT2D eigenvalue weighted by Crippen LogP contribution is -2.00. The second-order valence-electron chi connectivity index (χ2n) is 9.04. The summed E-state index contributed by atoms with van der Waals surface area (Å²) in [6.07, 6.45) is 3.66. The molecule has 0 fully saturated rings. The molecule has 3 heterocycles. The molecule has 0 radical (unpaired) electrons. The van der Waals surface area contributed by atoms with Gasteiger partial charge in [-0.1, -0.05) is 97.1 Å². The first-order valence-corrected chi connectivity index (χ1v) is 13.4. The topological polar surface area (TPSA) is 64.5 Å². The summed E-state index contributed by atoms with van der Waals surface area (Å²) in [5.74, 6) is 1.83. The fraction of sp³-hybridized carbons (Fsp3) is 0. The van der Waals surface area contributed by atoms with Crippen LogP contribution in [0.2, 0.25) is 0 Å². The highest BCUT2D eigenvalue weighted by molar-refractivity contribution is 7.21. The molecule has 0 aliphatic rings. The van der Waals surface area contributed by atoms with Gasteiger partial charge in [0.05, 0.1) is 10.2 Å². The van der Waals surface area contributed by atoms with Crippen LogP contribution in [-0.4, -0.2) is 24.9 Å². The van der Waals surface area contributed by atoms with Gasteiger partial charge in [0.1, 0.15) is 5.01 Å². The number of thiazole rings is 1. The van der Waals surface area contributed by atoms with E-state index in [9.17, 15) is 0 Å². The molecule has 0 aliphatic carbocycles. The van der Waals surface area contributed by atoms with Crippen molar-refractivity contribution >= 4 is 21.6 Å². The number of hydrogen-bond acceptors (Lipinski definition) is 6. The van der Waals surface area contributed by atoms with Crippen molar-refractivity contribution in [1.29, 1.82) is 0 Å². The number of hydrogen-bond donors (Lipinski definition) is 0. The van der Waals surface area contributed by atoms with E-state index in [-0.39, 0.29) is 0 Å². The predicted molar refractivity (Wildman–Crippen MR) is 158 cm³/mol. The third-order valence-corrected chi connectivity index (χ3v) is 7.50. The number of aromatic nitrogens is 5. The first-order valence-electron chi connectivity index (χ1n) is 12.6. The zero-order chi connectivity index (χ0) is 26.0. The second-order valence-corrected chi connectivity index (χ2v) is 10.1. The molecule has 7 rings (SSSR count). The van der Waals surface area contributed by atoms with E-state index in [2.05, 4.69) is 35.3 Å². The number of fused-ring (bicyclic) bond motifs is 1. The van der Waals surface area contributed by atoms with Crippen LogP contribution in [0.15, 0.2) is 128 Å². The SMILES string of the molecule is c1ccc(-c2nc(-c3ccccc3)nc(-c3cc(-c4cccnc4)cc4sc(-c5ccccc5)nc34)n2)cc1. The van der Waals surface area contributed by atoms with Crippen LogP contribution in [0, 0.1) is 0 Å². The fourth-order valence-corrected chi connectivity index (χ4v) is 5.57. The van der Waals surface area contributed by atoms with Gasteiger partial charge in [-0.2, -0.15) is 0 Å². The van der Waals surface area contributed by atoms with Gasteiger partial charge >= 0.3 is 0 Å². The van der Waals surface area contributed by atoms with Gasteiger partial charge in [0.2, 0.25) is 0 Å². The van der Waals surface area contributed by atoms with Crippen molar-refractivity contribution in [3.05, 3.63) is 128 Å². The van der Waals surface area contributed by atoms with Gasteiger partial charge in [0.15, 0.2) is 17.5 Å². The first-order chi connectivity index (χ1) is 19.3. The zero-order valence-electron chi connectivity index (χ0n) is 20.8. The van der Waals surface area contributed by atoms with E-state index in [0.29, 0.717) is 17.5 Å². The van der Waals surface area contributed by atoms with E-state index in [1.807, 2.05) is 91.1 Å². The van der Waals surface area contributed by atoms with E-state index in [0.717, 1.165) is 48.6 Å². The van der Waals surface area contributed by atoms with Crippen molar-refractivity contribution in [2.45, 2.75) is 0 Å². The first kappa shape index (κ1) is 23.1. The van der Waals surface area contributed by atoms with Crippen molar-refractivity contribution in [3.8, 4) is 55.9 Å². The Bertz CT molecular complexity index is 1830. The Kier molecular flexibility index (Phi) is 5.92. The van der Waals surface area contributed by atoms with E-state index in [1.165, 1.54) is 0 Å². The fourth-order valence-electron chi connectivity index (χ4n) is 4.53. The zero-order valence-corrected chi connectivity index (χ0v) is 21.6. The van der Waals surface area contributed by atoms with Gasteiger partial charge in [-0.25, -0.2) is 19.9 Å². The Morgan fingerprint density at radius 1 is 0.462 bits per heavy atom. The molecule has 6 heteroatoms. The lowest BCUT2D eigenvalue weighted by Gasteiger charge is -2.10. The molecule has 0 atom stereocenters. The number of pyridine rings is 1. The number of nitrogens with zero attached hydrogens (tertiary/aromatic N) is 5. The van der Waals surface area contributed by atoms with Crippen LogP contribution in [0.3, 0.4) is 0 Å². The molecule has 0 unspecified atom stereocenters. The Hall–Kier alpha value is -5.07. The summed E-state index contributed by atoms with van der Waals surface area (Å²) in [4.78, 5) is 24.3. The molecule has 7 aromatic rings. The summed E-state index contributed by atoms with van der Waals surface area (Å²) in [7, 11) is 0. The summed E-state index contributed by atoms with van der Waals surface area (Å²) in [6, 6.07) is 38.6. The lowest BCUT2D eigenvalue weighted by atomic mass is 10.0. The molecular formula is C33H21N5S. The molecule has 184 valence electrons. The van der Waals surface area contributed by atoms with Crippen molar-refractivity contribution in [2.75, 3.05) is 0 Å². The molecule has 5 nitrogen and oxygen atoms in total. The lowest BCUT2D eigenvalue weighted by molar-refractivity contribution is 1.08. The van der Waals surface area contributed by atoms with Crippen LogP contribution in [0.1, 0.15) is 0 Å². The molecule has 0 aliphatic heterocycles. The molecule has 0 saturated heterocycles. The Labute approximate surface area is 229 Å². The number of rotatable bonds is 5. The van der Waals surface area contributed by atoms with Crippen molar-refractivity contribution in [3.63, 3.8) is 0 Å². The summed E-state index contributed by atoms with van der Waals surface area (Å²) in [5, 5.41) is 0.954. The highest BCUT2D eigenvalue weighted by atomic mass is 32.1. The maximum Gasteiger partial charge on any atom is 0.166 e. The summed E-state index contributed by atoms with van der Waals surface area (Å²) in [5.41, 5.74) is 6.74.